The van der Waals surface area contributed by atoms with Crippen LogP contribution in [0.15, 0.2) is 69.5 Å². The smallest absolute Gasteiger partial charge is 0.169 e. The molecule has 0 bridgehead atoms. The highest BCUT2D eigenvalue weighted by molar-refractivity contribution is 6.05. The maximum Gasteiger partial charge on any atom is 0.169 e. The number of fused-ring (bicyclic) bond motifs is 4. The zero-order valence-electron chi connectivity index (χ0n) is 12.6. The van der Waals surface area contributed by atoms with Crippen molar-refractivity contribution in [1.29, 1.82) is 0 Å². The number of para-hydroxylation sites is 2. The predicted molar refractivity (Wildman–Crippen MR) is 90.6 cm³/mol. The molecule has 1 aromatic heterocycles. The topological polar surface area (TPSA) is 26.3 Å². The summed E-state index contributed by atoms with van der Waals surface area (Å²) < 4.78 is 12.3. The number of benzene rings is 3. The van der Waals surface area contributed by atoms with Gasteiger partial charge in [-0.15, -0.1) is 0 Å². The van der Waals surface area contributed by atoms with Crippen LogP contribution in [0.2, 0.25) is 0 Å². The molecule has 4 rings (SSSR count). The van der Waals surface area contributed by atoms with Gasteiger partial charge in [0.2, 0.25) is 0 Å². The van der Waals surface area contributed by atoms with E-state index in [1.165, 1.54) is 11.1 Å². The number of hydrogen-bond acceptors (Lipinski definition) is 2. The van der Waals surface area contributed by atoms with Gasteiger partial charge in [0.25, 0.3) is 0 Å². The lowest BCUT2D eigenvalue weighted by molar-refractivity contribution is 0.618. The number of rotatable bonds is 0. The molecule has 0 radical (unpaired) electrons. The molecule has 0 aliphatic rings. The first-order chi connectivity index (χ1) is 10.7. The number of hydrogen-bond donors (Lipinski definition) is 0. The van der Waals surface area contributed by atoms with Crippen LogP contribution >= 0.6 is 0 Å². The highest BCUT2D eigenvalue weighted by atomic mass is 16.4. The molecule has 0 aliphatic heterocycles. The molecule has 108 valence electrons. The average molecular weight is 288 g/mol. The van der Waals surface area contributed by atoms with E-state index in [1.54, 1.807) is 0 Å². The first-order valence-electron chi connectivity index (χ1n) is 7.38. The van der Waals surface area contributed by atoms with Gasteiger partial charge in [0.1, 0.15) is 11.2 Å². The van der Waals surface area contributed by atoms with Gasteiger partial charge in [0.15, 0.2) is 11.2 Å². The molecule has 0 N–H and O–H groups in total. The van der Waals surface area contributed by atoms with E-state index >= 15 is 0 Å². The summed E-state index contributed by atoms with van der Waals surface area (Å²) in [6.45, 7) is 4.21. The van der Waals surface area contributed by atoms with Crippen LogP contribution in [0.5, 0.6) is 0 Å². The molecule has 1 heterocycles. The summed E-state index contributed by atoms with van der Waals surface area (Å²) in [5.41, 5.74) is 5.56. The van der Waals surface area contributed by atoms with Crippen molar-refractivity contribution in [2.24, 2.45) is 0 Å². The summed E-state index contributed by atoms with van der Waals surface area (Å²) in [6, 6.07) is 20.1. The predicted octanol–water partition coefficient (Wildman–Crippen LogP) is 6.07. The largest absolute Gasteiger partial charge is 0.453 e. The molecule has 2 heteroatoms. The number of aryl methyl sites for hydroxylation is 2. The van der Waals surface area contributed by atoms with Crippen molar-refractivity contribution in [2.45, 2.75) is 13.8 Å². The van der Waals surface area contributed by atoms with E-state index in [4.69, 9.17) is 8.83 Å². The Kier molecular flexibility index (Phi) is 2.90. The van der Waals surface area contributed by atoms with Crippen molar-refractivity contribution < 1.29 is 8.83 Å². The van der Waals surface area contributed by atoms with Gasteiger partial charge in [-0.3, -0.25) is 0 Å². The van der Waals surface area contributed by atoms with Crippen LogP contribution in [0.4, 0.5) is 0 Å². The molecular weight excluding hydrogens is 272 g/mol. The third-order valence-electron chi connectivity index (χ3n) is 4.01. The van der Waals surface area contributed by atoms with Gasteiger partial charge in [-0.25, -0.2) is 0 Å². The Hall–Kier alpha value is -2.74. The monoisotopic (exact) mass is 288 g/mol. The summed E-state index contributed by atoms with van der Waals surface area (Å²) in [6.07, 6.45) is 0. The van der Waals surface area contributed by atoms with E-state index in [0.717, 1.165) is 33.1 Å². The Morgan fingerprint density at radius 2 is 0.909 bits per heavy atom. The highest BCUT2D eigenvalue weighted by Crippen LogP contribution is 2.30. The van der Waals surface area contributed by atoms with Crippen molar-refractivity contribution in [1.82, 2.24) is 0 Å². The molecule has 0 fully saturated rings. The van der Waals surface area contributed by atoms with Crippen molar-refractivity contribution in [3.8, 4) is 0 Å². The fourth-order valence-corrected chi connectivity index (χ4v) is 2.95. The SMILES string of the molecule is Cc1cccc2oc3ccccc3oc3cccc(C)c3c12. The van der Waals surface area contributed by atoms with E-state index in [-0.39, 0.29) is 0 Å². The van der Waals surface area contributed by atoms with E-state index in [2.05, 4.69) is 26.0 Å². The Labute approximate surface area is 128 Å². The standard InChI is InChI=1S/C20H16O2/c1-13-7-5-11-17-19(13)20-14(2)8-6-12-18(20)22-16-10-4-3-9-15(16)21-17/h3-12H,1-2H3. The zero-order valence-corrected chi connectivity index (χ0v) is 12.6. The normalized spacial score (nSPS) is 11.2. The van der Waals surface area contributed by atoms with Crippen LogP contribution in [-0.2, 0) is 0 Å². The van der Waals surface area contributed by atoms with Gasteiger partial charge in [-0.05, 0) is 49.2 Å². The minimum atomic E-state index is 0.738. The maximum atomic E-state index is 6.15. The van der Waals surface area contributed by atoms with Gasteiger partial charge in [-0.1, -0.05) is 36.4 Å². The Morgan fingerprint density at radius 3 is 1.36 bits per heavy atom. The Balaban J connectivity index is 2.42. The second-order valence-electron chi connectivity index (χ2n) is 5.55. The van der Waals surface area contributed by atoms with E-state index in [9.17, 15) is 0 Å². The van der Waals surface area contributed by atoms with Crippen LogP contribution in [-0.4, -0.2) is 0 Å². The van der Waals surface area contributed by atoms with Crippen molar-refractivity contribution in [3.05, 3.63) is 71.8 Å². The molecule has 0 unspecified atom stereocenters. The lowest BCUT2D eigenvalue weighted by atomic mass is 10.0. The van der Waals surface area contributed by atoms with Crippen LogP contribution in [0.3, 0.4) is 0 Å². The molecule has 0 saturated heterocycles. The molecule has 0 atom stereocenters. The van der Waals surface area contributed by atoms with Crippen LogP contribution in [0.25, 0.3) is 33.1 Å². The van der Waals surface area contributed by atoms with Gasteiger partial charge >= 0.3 is 0 Å². The lowest BCUT2D eigenvalue weighted by Crippen LogP contribution is -1.84. The summed E-state index contributed by atoms with van der Waals surface area (Å²) >= 11 is 0. The molecule has 0 aliphatic carbocycles. The first kappa shape index (κ1) is 13.0. The molecule has 4 aromatic rings. The van der Waals surface area contributed by atoms with E-state index in [1.807, 2.05) is 48.5 Å². The minimum absolute atomic E-state index is 0.738. The maximum absolute atomic E-state index is 6.15. The van der Waals surface area contributed by atoms with E-state index in [0.29, 0.717) is 0 Å². The molecule has 3 aromatic carbocycles. The molecule has 2 nitrogen and oxygen atoms in total. The third-order valence-corrected chi connectivity index (χ3v) is 4.01. The molecular formula is C20H16O2. The van der Waals surface area contributed by atoms with Crippen molar-refractivity contribution in [2.75, 3.05) is 0 Å². The summed E-state index contributed by atoms with van der Waals surface area (Å²) in [7, 11) is 0. The fraction of sp³-hybridized carbons (Fsp3) is 0.100. The first-order valence-corrected chi connectivity index (χ1v) is 7.38. The second-order valence-corrected chi connectivity index (χ2v) is 5.55. The third kappa shape index (κ3) is 1.96. The van der Waals surface area contributed by atoms with Crippen LogP contribution in [0, 0.1) is 13.8 Å². The molecule has 0 spiro atoms. The van der Waals surface area contributed by atoms with Gasteiger partial charge in [0.05, 0.1) is 0 Å². The van der Waals surface area contributed by atoms with Gasteiger partial charge in [-0.2, -0.15) is 0 Å². The zero-order chi connectivity index (χ0) is 15.1. The Bertz CT molecular complexity index is 964. The van der Waals surface area contributed by atoms with Gasteiger partial charge in [0, 0.05) is 10.8 Å². The Morgan fingerprint density at radius 1 is 0.500 bits per heavy atom. The second kappa shape index (κ2) is 4.92. The summed E-state index contributed by atoms with van der Waals surface area (Å²) in [5, 5.41) is 2.20. The summed E-state index contributed by atoms with van der Waals surface area (Å²) in [5.74, 6) is 0. The van der Waals surface area contributed by atoms with Crippen molar-refractivity contribution >= 4 is 33.1 Å². The fourth-order valence-electron chi connectivity index (χ4n) is 2.95. The average Bonchev–Trinajstić information content (AvgIpc) is 2.49. The van der Waals surface area contributed by atoms with Crippen LogP contribution < -0.4 is 0 Å². The highest BCUT2D eigenvalue weighted by Gasteiger charge is 2.08. The molecule has 22 heavy (non-hydrogen) atoms. The minimum Gasteiger partial charge on any atom is -0.453 e. The van der Waals surface area contributed by atoms with Crippen molar-refractivity contribution in [3.63, 3.8) is 0 Å². The van der Waals surface area contributed by atoms with Crippen LogP contribution in [0.1, 0.15) is 11.1 Å². The summed E-state index contributed by atoms with van der Waals surface area (Å²) in [4.78, 5) is 0. The molecule has 0 amide bonds. The molecule has 0 saturated carbocycles. The van der Waals surface area contributed by atoms with Gasteiger partial charge < -0.3 is 8.83 Å². The van der Waals surface area contributed by atoms with E-state index < -0.39 is 0 Å². The quantitative estimate of drug-likeness (QED) is 0.392. The lowest BCUT2D eigenvalue weighted by Gasteiger charge is -2.07.